The van der Waals surface area contributed by atoms with Crippen LogP contribution in [0.15, 0.2) is 97.1 Å². The van der Waals surface area contributed by atoms with Crippen LogP contribution in [0.2, 0.25) is 0 Å². The van der Waals surface area contributed by atoms with Gasteiger partial charge in [-0.3, -0.25) is 0 Å². The maximum atomic E-state index is 2.70. The van der Waals surface area contributed by atoms with E-state index in [1.165, 1.54) is 87.0 Å². The molecule has 4 heteroatoms. The van der Waals surface area contributed by atoms with Crippen molar-refractivity contribution >= 4 is 11.4 Å². The second-order valence-electron chi connectivity index (χ2n) is 13.6. The van der Waals surface area contributed by atoms with Gasteiger partial charge >= 0.3 is 0 Å². The highest BCUT2D eigenvalue weighted by Gasteiger charge is 2.31. The predicted octanol–water partition coefficient (Wildman–Crippen LogP) is 7.54. The highest BCUT2D eigenvalue weighted by atomic mass is 15.2. The maximum Gasteiger partial charge on any atom is 0.0539 e. The Labute approximate surface area is 267 Å². The van der Waals surface area contributed by atoms with E-state index in [0.717, 1.165) is 26.2 Å². The monoisotopic (exact) mass is 590 g/mol. The molecule has 44 heavy (non-hydrogen) atoms. The summed E-state index contributed by atoms with van der Waals surface area (Å²) in [5.74, 6) is 1.25. The maximum absolute atomic E-state index is 2.70. The van der Waals surface area contributed by atoms with E-state index in [2.05, 4.69) is 131 Å². The number of fused-ring (bicyclic) bond motifs is 4. The van der Waals surface area contributed by atoms with Crippen molar-refractivity contribution in [1.29, 1.82) is 0 Å². The zero-order valence-electron chi connectivity index (χ0n) is 27.2. The number of anilines is 2. The van der Waals surface area contributed by atoms with Crippen LogP contribution in [-0.2, 0) is 12.8 Å². The lowest BCUT2D eigenvalue weighted by molar-refractivity contribution is 0.289. The fraction of sp³-hybridized carbons (Fsp3) is 0.500. The molecule has 4 atom stereocenters. The van der Waals surface area contributed by atoms with Crippen LogP contribution >= 0.6 is 0 Å². The quantitative estimate of drug-likeness (QED) is 0.224. The molecule has 2 aliphatic carbocycles. The van der Waals surface area contributed by atoms with Crippen molar-refractivity contribution in [3.63, 3.8) is 0 Å². The Bertz CT molecular complexity index is 1220. The molecule has 234 valence electrons. The number of para-hydroxylation sites is 2. The van der Waals surface area contributed by atoms with E-state index >= 15 is 0 Å². The molecule has 2 aromatic rings. The van der Waals surface area contributed by atoms with E-state index in [9.17, 15) is 0 Å². The highest BCUT2D eigenvalue weighted by molar-refractivity contribution is 5.58. The minimum atomic E-state index is 0.496. The Morgan fingerprint density at radius 1 is 0.545 bits per heavy atom. The van der Waals surface area contributed by atoms with Gasteiger partial charge in [0, 0.05) is 36.3 Å². The van der Waals surface area contributed by atoms with E-state index in [4.69, 9.17) is 0 Å². The van der Waals surface area contributed by atoms with E-state index in [1.54, 1.807) is 0 Å². The third kappa shape index (κ3) is 7.58. The summed E-state index contributed by atoms with van der Waals surface area (Å²) in [5.41, 5.74) is 5.95. The van der Waals surface area contributed by atoms with Crippen LogP contribution < -0.4 is 9.80 Å². The highest BCUT2D eigenvalue weighted by Crippen LogP contribution is 2.36. The molecular weight excluding hydrogens is 536 g/mol. The van der Waals surface area contributed by atoms with Gasteiger partial charge in [-0.15, -0.1) is 0 Å². The zero-order chi connectivity index (χ0) is 30.1. The number of hydrogen-bond donors (Lipinski definition) is 0. The SMILES string of the molecule is CN(CCCCN(C)CCCN1c2ccccc2CCC2C=CC=CC21)CCCN1c2ccccc2CCC2C=CC=CC21. The van der Waals surface area contributed by atoms with Crippen LogP contribution in [0.5, 0.6) is 0 Å². The van der Waals surface area contributed by atoms with Crippen LogP contribution in [0.3, 0.4) is 0 Å². The number of benzene rings is 2. The van der Waals surface area contributed by atoms with Crippen molar-refractivity contribution in [2.24, 2.45) is 11.8 Å². The van der Waals surface area contributed by atoms with Crippen molar-refractivity contribution in [3.05, 3.63) is 108 Å². The third-order valence-electron chi connectivity index (χ3n) is 10.5. The number of aryl methyl sites for hydroxylation is 2. The average molecular weight is 591 g/mol. The van der Waals surface area contributed by atoms with Gasteiger partial charge in [-0.05, 0) is 115 Å². The summed E-state index contributed by atoms with van der Waals surface area (Å²) in [6, 6.07) is 19.2. The van der Waals surface area contributed by atoms with Crippen LogP contribution in [0.4, 0.5) is 11.4 Å². The molecule has 0 saturated heterocycles. The Balaban J connectivity index is 0.904. The van der Waals surface area contributed by atoms with Crippen LogP contribution in [-0.4, -0.2) is 75.2 Å². The van der Waals surface area contributed by atoms with E-state index in [-0.39, 0.29) is 0 Å². The van der Waals surface area contributed by atoms with Gasteiger partial charge in [-0.1, -0.05) is 85.0 Å². The Morgan fingerprint density at radius 2 is 0.955 bits per heavy atom. The lowest BCUT2D eigenvalue weighted by Gasteiger charge is -2.36. The largest absolute Gasteiger partial charge is 0.364 e. The molecule has 2 aliphatic heterocycles. The molecule has 0 bridgehead atoms. The molecular formula is C40H54N4. The van der Waals surface area contributed by atoms with Gasteiger partial charge in [0.15, 0.2) is 0 Å². The predicted molar refractivity (Wildman–Crippen MR) is 189 cm³/mol. The molecule has 4 aliphatic rings. The summed E-state index contributed by atoms with van der Waals surface area (Å²) < 4.78 is 0. The summed E-state index contributed by atoms with van der Waals surface area (Å²) >= 11 is 0. The van der Waals surface area contributed by atoms with Crippen LogP contribution in [0.1, 0.15) is 49.7 Å². The van der Waals surface area contributed by atoms with Gasteiger partial charge in [0.2, 0.25) is 0 Å². The second-order valence-corrected chi connectivity index (χ2v) is 13.6. The normalized spacial score (nSPS) is 23.7. The summed E-state index contributed by atoms with van der Waals surface area (Å²) in [6.45, 7) is 6.94. The lowest BCUT2D eigenvalue weighted by Crippen LogP contribution is -2.40. The van der Waals surface area contributed by atoms with Crippen LogP contribution in [0.25, 0.3) is 0 Å². The smallest absolute Gasteiger partial charge is 0.0539 e. The standard InChI is InChI=1S/C40H54N4/c1-41(29-13-31-43-37-19-7-3-15-33(37)23-24-34-16-4-8-20-38(34)43)27-11-12-28-42(2)30-14-32-44-39-21-9-5-17-35(39)25-26-36-18-6-10-22-40(36)44/h3-10,15-22,33,35,37,39H,11-14,23-32H2,1-2H3. The van der Waals surface area contributed by atoms with Gasteiger partial charge in [-0.2, -0.15) is 0 Å². The molecule has 4 unspecified atom stereocenters. The van der Waals surface area contributed by atoms with Gasteiger partial charge in [0.25, 0.3) is 0 Å². The fourth-order valence-corrected chi connectivity index (χ4v) is 8.01. The van der Waals surface area contributed by atoms with Gasteiger partial charge in [0.1, 0.15) is 0 Å². The molecule has 6 rings (SSSR count). The number of nitrogens with zero attached hydrogens (tertiary/aromatic N) is 4. The molecule has 2 heterocycles. The van der Waals surface area contributed by atoms with E-state index in [0.29, 0.717) is 23.9 Å². The van der Waals surface area contributed by atoms with Crippen molar-refractivity contribution in [2.75, 3.05) is 63.2 Å². The second kappa shape index (κ2) is 15.3. The summed E-state index contributed by atoms with van der Waals surface area (Å²) in [4.78, 5) is 10.5. The van der Waals surface area contributed by atoms with E-state index in [1.807, 2.05) is 0 Å². The first-order chi connectivity index (χ1) is 21.7. The molecule has 4 nitrogen and oxygen atoms in total. The lowest BCUT2D eigenvalue weighted by atomic mass is 9.90. The number of allylic oxidation sites excluding steroid dienone is 4. The molecule has 0 aromatic heterocycles. The first-order valence-electron chi connectivity index (χ1n) is 17.4. The van der Waals surface area contributed by atoms with Crippen molar-refractivity contribution < 1.29 is 0 Å². The molecule has 0 fully saturated rings. The molecule has 0 saturated carbocycles. The van der Waals surface area contributed by atoms with Gasteiger partial charge in [-0.25, -0.2) is 0 Å². The number of rotatable bonds is 13. The summed E-state index contributed by atoms with van der Waals surface area (Å²) in [5, 5.41) is 0. The average Bonchev–Trinajstić information content (AvgIpc) is 3.32. The zero-order valence-corrected chi connectivity index (χ0v) is 27.2. The third-order valence-corrected chi connectivity index (χ3v) is 10.5. The van der Waals surface area contributed by atoms with Crippen molar-refractivity contribution in [2.45, 2.75) is 63.5 Å². The summed E-state index contributed by atoms with van der Waals surface area (Å²) in [7, 11) is 4.63. The van der Waals surface area contributed by atoms with Crippen molar-refractivity contribution in [3.8, 4) is 0 Å². The summed E-state index contributed by atoms with van der Waals surface area (Å²) in [6.07, 6.45) is 28.5. The molecule has 0 spiro atoms. The van der Waals surface area contributed by atoms with E-state index < -0.39 is 0 Å². The fourth-order valence-electron chi connectivity index (χ4n) is 8.01. The first kappa shape index (κ1) is 30.9. The molecule has 2 aromatic carbocycles. The van der Waals surface area contributed by atoms with Crippen LogP contribution in [0, 0.1) is 11.8 Å². The molecule has 0 amide bonds. The van der Waals surface area contributed by atoms with Gasteiger partial charge in [0.05, 0.1) is 12.1 Å². The van der Waals surface area contributed by atoms with Gasteiger partial charge < -0.3 is 19.6 Å². The minimum absolute atomic E-state index is 0.496. The Hall–Kier alpha value is -3.08. The minimum Gasteiger partial charge on any atom is -0.364 e. The van der Waals surface area contributed by atoms with Crippen molar-refractivity contribution in [1.82, 2.24) is 9.80 Å². The molecule has 0 radical (unpaired) electrons. The number of hydrogen-bond acceptors (Lipinski definition) is 4. The topological polar surface area (TPSA) is 13.0 Å². The molecule has 0 N–H and O–H groups in total. The Kier molecular flexibility index (Phi) is 10.7. The number of unbranched alkanes of at least 4 members (excludes halogenated alkanes) is 1. The first-order valence-corrected chi connectivity index (χ1v) is 17.4. The Morgan fingerprint density at radius 3 is 1.43 bits per heavy atom.